The van der Waals surface area contributed by atoms with Crippen molar-refractivity contribution in [3.05, 3.63) is 0 Å². The largest absolute Gasteiger partial charge is 0.317 e. The molecular weight excluding hydrogens is 604 g/mol. The first kappa shape index (κ1) is 54.3. The van der Waals surface area contributed by atoms with Gasteiger partial charge in [0.05, 0.1) is 0 Å². The van der Waals surface area contributed by atoms with Crippen LogP contribution in [0.4, 0.5) is 0 Å². The molecular formula is C46H98N2Na. The van der Waals surface area contributed by atoms with Crippen LogP contribution in [0.3, 0.4) is 0 Å². The SMILES string of the molecule is CCCCCCCCCCNCCCCCCCCCC(C)(C)C.CCCCCCCCCCNCCCCCCCCCC(C)(C)C.[Na]. The number of hydrogen-bond acceptors (Lipinski definition) is 2. The molecule has 0 rings (SSSR count). The van der Waals surface area contributed by atoms with Crippen LogP contribution in [0.15, 0.2) is 0 Å². The Hall–Kier alpha value is 0.920. The molecule has 0 aliphatic heterocycles. The molecule has 0 saturated heterocycles. The second-order valence-electron chi connectivity index (χ2n) is 18.0. The fraction of sp³-hybridized carbons (Fsp3) is 1.00. The van der Waals surface area contributed by atoms with E-state index in [4.69, 9.17) is 0 Å². The Balaban J connectivity index is -0.000000846. The summed E-state index contributed by atoms with van der Waals surface area (Å²) in [6.07, 6.45) is 45.5. The summed E-state index contributed by atoms with van der Waals surface area (Å²) in [5.74, 6) is 0. The van der Waals surface area contributed by atoms with Gasteiger partial charge in [0, 0.05) is 29.6 Å². The average Bonchev–Trinajstić information content (AvgIpc) is 3.03. The number of rotatable bonds is 36. The third-order valence-electron chi connectivity index (χ3n) is 9.97. The van der Waals surface area contributed by atoms with Gasteiger partial charge < -0.3 is 10.6 Å². The van der Waals surface area contributed by atoms with Gasteiger partial charge in [-0.2, -0.15) is 0 Å². The summed E-state index contributed by atoms with van der Waals surface area (Å²) in [5, 5.41) is 7.25. The van der Waals surface area contributed by atoms with Crippen LogP contribution in [0.1, 0.15) is 261 Å². The summed E-state index contributed by atoms with van der Waals surface area (Å²) in [6.45, 7) is 23.7. The molecule has 1 radical (unpaired) electrons. The zero-order valence-corrected chi connectivity index (χ0v) is 38.5. The van der Waals surface area contributed by atoms with Crippen LogP contribution in [0.5, 0.6) is 0 Å². The van der Waals surface area contributed by atoms with Gasteiger partial charge in [0.15, 0.2) is 0 Å². The van der Waals surface area contributed by atoms with E-state index in [0.717, 1.165) is 0 Å². The number of hydrogen-bond donors (Lipinski definition) is 2. The second kappa shape index (κ2) is 43.3. The minimum absolute atomic E-state index is 0. The van der Waals surface area contributed by atoms with E-state index in [2.05, 4.69) is 66.0 Å². The second-order valence-corrected chi connectivity index (χ2v) is 18.0. The minimum Gasteiger partial charge on any atom is -0.317 e. The van der Waals surface area contributed by atoms with E-state index in [1.54, 1.807) is 0 Å². The quantitative estimate of drug-likeness (QED) is 0.0502. The molecule has 0 heterocycles. The van der Waals surface area contributed by atoms with Crippen LogP contribution in [0.25, 0.3) is 0 Å². The van der Waals surface area contributed by atoms with Crippen molar-refractivity contribution in [2.24, 2.45) is 10.8 Å². The third-order valence-corrected chi connectivity index (χ3v) is 9.97. The van der Waals surface area contributed by atoms with Crippen molar-refractivity contribution in [2.45, 2.75) is 261 Å². The van der Waals surface area contributed by atoms with Crippen molar-refractivity contribution in [2.75, 3.05) is 26.2 Å². The maximum Gasteiger partial charge on any atom is 0 e. The Labute approximate surface area is 336 Å². The molecule has 0 aliphatic carbocycles. The third kappa shape index (κ3) is 58.5. The Morgan fingerprint density at radius 1 is 0.265 bits per heavy atom. The molecule has 49 heavy (non-hydrogen) atoms. The van der Waals surface area contributed by atoms with Gasteiger partial charge in [-0.15, -0.1) is 0 Å². The van der Waals surface area contributed by atoms with E-state index in [1.807, 2.05) is 0 Å². The summed E-state index contributed by atoms with van der Waals surface area (Å²) in [7, 11) is 0. The molecule has 0 saturated carbocycles. The van der Waals surface area contributed by atoms with Crippen LogP contribution in [0, 0.1) is 10.8 Å². The molecule has 2 N–H and O–H groups in total. The molecule has 0 amide bonds. The molecule has 0 spiro atoms. The summed E-state index contributed by atoms with van der Waals surface area (Å²) in [6, 6.07) is 0. The van der Waals surface area contributed by atoms with Gasteiger partial charge in [0.25, 0.3) is 0 Å². The predicted molar refractivity (Wildman–Crippen MR) is 229 cm³/mol. The summed E-state index contributed by atoms with van der Waals surface area (Å²) in [5.41, 5.74) is 1.06. The van der Waals surface area contributed by atoms with Gasteiger partial charge in [-0.1, -0.05) is 222 Å². The van der Waals surface area contributed by atoms with Crippen molar-refractivity contribution in [1.29, 1.82) is 0 Å². The van der Waals surface area contributed by atoms with Crippen LogP contribution in [-0.4, -0.2) is 55.7 Å². The molecule has 2 nitrogen and oxygen atoms in total. The first-order valence-corrected chi connectivity index (χ1v) is 22.5. The summed E-state index contributed by atoms with van der Waals surface area (Å²) in [4.78, 5) is 0. The van der Waals surface area contributed by atoms with Crippen molar-refractivity contribution >= 4 is 29.6 Å². The molecule has 0 aliphatic rings. The molecule has 3 heteroatoms. The van der Waals surface area contributed by atoms with Crippen molar-refractivity contribution in [3.63, 3.8) is 0 Å². The first-order chi connectivity index (χ1) is 23.1. The molecule has 0 aromatic rings. The molecule has 293 valence electrons. The zero-order chi connectivity index (χ0) is 35.9. The molecule has 0 atom stereocenters. The van der Waals surface area contributed by atoms with Crippen LogP contribution < -0.4 is 10.6 Å². The van der Waals surface area contributed by atoms with Gasteiger partial charge in [-0.25, -0.2) is 0 Å². The molecule has 0 aromatic carbocycles. The number of nitrogens with one attached hydrogen (secondary N) is 2. The van der Waals surface area contributed by atoms with E-state index in [9.17, 15) is 0 Å². The van der Waals surface area contributed by atoms with E-state index < -0.39 is 0 Å². The van der Waals surface area contributed by atoms with Crippen molar-refractivity contribution in [1.82, 2.24) is 10.6 Å². The Kier molecular flexibility index (Phi) is 48.0. The smallest absolute Gasteiger partial charge is 0 e. The standard InChI is InChI=1S/2C23H49N.Na/c2*1-5-6-7-8-9-12-15-18-21-24-22-19-16-13-10-11-14-17-20-23(2,3)4;/h2*24H,5-22H2,1-4H3;. The fourth-order valence-corrected chi connectivity index (χ4v) is 6.60. The average molecular weight is 702 g/mol. The Morgan fingerprint density at radius 2 is 0.449 bits per heavy atom. The maximum absolute atomic E-state index is 3.62. The van der Waals surface area contributed by atoms with E-state index in [-0.39, 0.29) is 29.6 Å². The maximum atomic E-state index is 3.62. The fourth-order valence-electron chi connectivity index (χ4n) is 6.60. The molecule has 0 unspecified atom stereocenters. The molecule has 0 aromatic heterocycles. The summed E-state index contributed by atoms with van der Waals surface area (Å²) >= 11 is 0. The predicted octanol–water partition coefficient (Wildman–Crippen LogP) is 15.4. The van der Waals surface area contributed by atoms with Gasteiger partial charge in [-0.3, -0.25) is 0 Å². The Bertz CT molecular complexity index is 514. The topological polar surface area (TPSA) is 24.1 Å². The normalized spacial score (nSPS) is 11.8. The van der Waals surface area contributed by atoms with Gasteiger partial charge >= 0.3 is 0 Å². The van der Waals surface area contributed by atoms with Crippen LogP contribution >= 0.6 is 0 Å². The minimum atomic E-state index is 0. The molecule has 0 fully saturated rings. The zero-order valence-electron chi connectivity index (χ0n) is 36.5. The van der Waals surface area contributed by atoms with Crippen LogP contribution in [-0.2, 0) is 0 Å². The van der Waals surface area contributed by atoms with E-state index in [0.29, 0.717) is 10.8 Å². The van der Waals surface area contributed by atoms with Gasteiger partial charge in [0.2, 0.25) is 0 Å². The number of unbranched alkanes of at least 4 members (excludes halogenated alkanes) is 26. The van der Waals surface area contributed by atoms with Crippen LogP contribution in [0.2, 0.25) is 0 Å². The van der Waals surface area contributed by atoms with E-state index >= 15 is 0 Å². The first-order valence-electron chi connectivity index (χ1n) is 22.5. The van der Waals surface area contributed by atoms with Crippen molar-refractivity contribution in [3.8, 4) is 0 Å². The summed E-state index contributed by atoms with van der Waals surface area (Å²) < 4.78 is 0. The monoisotopic (exact) mass is 702 g/mol. The van der Waals surface area contributed by atoms with Gasteiger partial charge in [0.1, 0.15) is 0 Å². The van der Waals surface area contributed by atoms with Gasteiger partial charge in [-0.05, 0) is 75.5 Å². The van der Waals surface area contributed by atoms with Crippen molar-refractivity contribution < 1.29 is 0 Å². The van der Waals surface area contributed by atoms with E-state index in [1.165, 1.54) is 232 Å². The molecule has 0 bridgehead atoms. The Morgan fingerprint density at radius 3 is 0.653 bits per heavy atom.